The van der Waals surface area contributed by atoms with Crippen molar-refractivity contribution in [2.45, 2.75) is 58.4 Å². The number of aryl methyl sites for hydroxylation is 1. The fraction of sp³-hybridized carbons (Fsp3) is 0.583. The lowest BCUT2D eigenvalue weighted by atomic mass is 9.74. The van der Waals surface area contributed by atoms with Gasteiger partial charge in [0.1, 0.15) is 5.82 Å². The van der Waals surface area contributed by atoms with Crippen LogP contribution < -0.4 is 5.32 Å². The Hall–Kier alpha value is -2.32. The lowest BCUT2D eigenvalue weighted by Crippen LogP contribution is -2.56. The molecular formula is C24H32N4O3S. The van der Waals surface area contributed by atoms with E-state index < -0.39 is 11.4 Å². The average molecular weight is 457 g/mol. The molecule has 0 radical (unpaired) electrons. The Kier molecular flexibility index (Phi) is 6.62. The molecule has 1 amide bonds. The minimum Gasteiger partial charge on any atom is -0.481 e. The third kappa shape index (κ3) is 5.35. The van der Waals surface area contributed by atoms with Crippen molar-refractivity contribution in [2.75, 3.05) is 19.6 Å². The highest BCUT2D eigenvalue weighted by atomic mass is 32.1. The molecular weight excluding hydrogens is 424 g/mol. The van der Waals surface area contributed by atoms with Gasteiger partial charge in [-0.3, -0.25) is 14.5 Å². The summed E-state index contributed by atoms with van der Waals surface area (Å²) >= 11 is 1.70. The molecule has 0 spiro atoms. The van der Waals surface area contributed by atoms with Gasteiger partial charge in [-0.05, 0) is 55.2 Å². The van der Waals surface area contributed by atoms with E-state index in [1.54, 1.807) is 11.3 Å². The molecule has 3 aliphatic rings. The first-order valence-corrected chi connectivity index (χ1v) is 12.2. The van der Waals surface area contributed by atoms with E-state index in [1.807, 2.05) is 26.8 Å². The predicted molar refractivity (Wildman–Crippen MR) is 125 cm³/mol. The van der Waals surface area contributed by atoms with Crippen LogP contribution in [0.4, 0.5) is 0 Å². The second kappa shape index (κ2) is 9.27. The maximum Gasteiger partial charge on any atom is 0.303 e. The Balaban J connectivity index is 1.37. The smallest absolute Gasteiger partial charge is 0.303 e. The Bertz CT molecular complexity index is 976. The standard InChI is InChI=1S/C24H32N4O3S/c1-15-26-19(10-20(27-15)21-5-4-8-32-21)18-14-28-7-6-16(18)9-17(28)13-25-22(29)11-24(2,3)12-23(30)31/h4-5,8,10,16-18H,6-7,9,11-14H2,1-3H3,(H,25,29)(H,30,31). The zero-order valence-electron chi connectivity index (χ0n) is 19.0. The number of amides is 1. The van der Waals surface area contributed by atoms with E-state index in [1.165, 1.54) is 4.88 Å². The van der Waals surface area contributed by atoms with Crippen molar-refractivity contribution < 1.29 is 14.7 Å². The van der Waals surface area contributed by atoms with E-state index in [-0.39, 0.29) is 18.7 Å². The Morgan fingerprint density at radius 3 is 2.78 bits per heavy atom. The van der Waals surface area contributed by atoms with Crippen LogP contribution in [0.2, 0.25) is 0 Å². The van der Waals surface area contributed by atoms with E-state index in [9.17, 15) is 9.59 Å². The number of rotatable bonds is 8. The van der Waals surface area contributed by atoms with Gasteiger partial charge in [0.05, 0.1) is 17.0 Å². The molecule has 3 fully saturated rings. The van der Waals surface area contributed by atoms with Crippen LogP contribution in [0.15, 0.2) is 23.6 Å². The van der Waals surface area contributed by atoms with Crippen molar-refractivity contribution in [3.05, 3.63) is 35.1 Å². The predicted octanol–water partition coefficient (Wildman–Crippen LogP) is 3.70. The molecule has 0 aromatic carbocycles. The van der Waals surface area contributed by atoms with Crippen molar-refractivity contribution in [1.29, 1.82) is 0 Å². The molecule has 8 heteroatoms. The van der Waals surface area contributed by atoms with Crippen molar-refractivity contribution in [3.63, 3.8) is 0 Å². The zero-order chi connectivity index (χ0) is 22.9. The molecule has 0 aliphatic carbocycles. The van der Waals surface area contributed by atoms with E-state index in [0.29, 0.717) is 24.4 Å². The van der Waals surface area contributed by atoms with Gasteiger partial charge in [-0.25, -0.2) is 9.97 Å². The van der Waals surface area contributed by atoms with Gasteiger partial charge in [-0.1, -0.05) is 19.9 Å². The highest BCUT2D eigenvalue weighted by Crippen LogP contribution is 2.42. The number of carboxylic acid groups (broad SMARTS) is 1. The molecule has 32 heavy (non-hydrogen) atoms. The van der Waals surface area contributed by atoms with E-state index in [4.69, 9.17) is 10.1 Å². The Morgan fingerprint density at radius 1 is 1.31 bits per heavy atom. The van der Waals surface area contributed by atoms with Crippen molar-refractivity contribution in [2.24, 2.45) is 11.3 Å². The van der Waals surface area contributed by atoms with Gasteiger partial charge in [-0.2, -0.15) is 0 Å². The zero-order valence-corrected chi connectivity index (χ0v) is 19.8. The number of aromatic nitrogens is 2. The normalized spacial score (nSPS) is 25.0. The summed E-state index contributed by atoms with van der Waals surface area (Å²) in [4.78, 5) is 36.5. The number of hydrogen-bond donors (Lipinski definition) is 2. The number of nitrogens with zero attached hydrogens (tertiary/aromatic N) is 3. The second-order valence-electron chi connectivity index (χ2n) is 9.96. The van der Waals surface area contributed by atoms with Gasteiger partial charge in [0.15, 0.2) is 0 Å². The van der Waals surface area contributed by atoms with Gasteiger partial charge >= 0.3 is 5.97 Å². The summed E-state index contributed by atoms with van der Waals surface area (Å²) in [5.74, 6) is 0.825. The van der Waals surface area contributed by atoms with Crippen molar-refractivity contribution >= 4 is 23.2 Å². The summed E-state index contributed by atoms with van der Waals surface area (Å²) in [6.45, 7) is 8.24. The SMILES string of the molecule is Cc1nc(-c2cccs2)cc(C2CN3CCC2CC3CNC(=O)CC(C)(C)CC(=O)O)n1. The molecule has 3 aliphatic heterocycles. The minimum atomic E-state index is -0.869. The molecule has 2 bridgehead atoms. The average Bonchev–Trinajstić information content (AvgIpc) is 3.26. The summed E-state index contributed by atoms with van der Waals surface area (Å²) < 4.78 is 0. The summed E-state index contributed by atoms with van der Waals surface area (Å²) in [5.41, 5.74) is 1.60. The summed E-state index contributed by atoms with van der Waals surface area (Å²) in [6, 6.07) is 6.64. The molecule has 3 saturated heterocycles. The third-order valence-corrected chi connectivity index (χ3v) is 7.59. The van der Waals surface area contributed by atoms with E-state index in [0.717, 1.165) is 43.1 Å². The summed E-state index contributed by atoms with van der Waals surface area (Å²) in [5, 5.41) is 14.2. The van der Waals surface area contributed by atoms with Gasteiger partial charge < -0.3 is 10.4 Å². The van der Waals surface area contributed by atoms with Gasteiger partial charge in [0.2, 0.25) is 5.91 Å². The highest BCUT2D eigenvalue weighted by molar-refractivity contribution is 7.13. The lowest BCUT2D eigenvalue weighted by Gasteiger charge is -2.49. The van der Waals surface area contributed by atoms with Crippen LogP contribution in [-0.2, 0) is 9.59 Å². The summed E-state index contributed by atoms with van der Waals surface area (Å²) in [7, 11) is 0. The van der Waals surface area contributed by atoms with Crippen LogP contribution in [0.1, 0.15) is 57.0 Å². The van der Waals surface area contributed by atoms with Gasteiger partial charge in [-0.15, -0.1) is 11.3 Å². The molecule has 0 saturated carbocycles. The van der Waals surface area contributed by atoms with Crippen molar-refractivity contribution in [3.8, 4) is 10.6 Å². The van der Waals surface area contributed by atoms with E-state index >= 15 is 0 Å². The van der Waals surface area contributed by atoms with Crippen LogP contribution in [-0.4, -0.2) is 57.5 Å². The molecule has 172 valence electrons. The Morgan fingerprint density at radius 2 is 2.12 bits per heavy atom. The monoisotopic (exact) mass is 456 g/mol. The molecule has 2 aromatic rings. The van der Waals surface area contributed by atoms with Crippen LogP contribution in [0.3, 0.4) is 0 Å². The molecule has 2 N–H and O–H groups in total. The van der Waals surface area contributed by atoms with Crippen molar-refractivity contribution in [1.82, 2.24) is 20.2 Å². The number of carbonyl (C=O) groups is 2. The molecule has 4 atom stereocenters. The maximum absolute atomic E-state index is 12.4. The van der Waals surface area contributed by atoms with Gasteiger partial charge in [0, 0.05) is 37.2 Å². The first-order valence-electron chi connectivity index (χ1n) is 11.3. The fourth-order valence-corrected chi connectivity index (χ4v) is 5.90. The number of thiophene rings is 1. The lowest BCUT2D eigenvalue weighted by molar-refractivity contribution is -0.139. The first-order chi connectivity index (χ1) is 15.2. The van der Waals surface area contributed by atoms with Gasteiger partial charge in [0.25, 0.3) is 0 Å². The number of aliphatic carboxylic acids is 1. The van der Waals surface area contributed by atoms with Crippen LogP contribution in [0.5, 0.6) is 0 Å². The number of carbonyl (C=O) groups excluding carboxylic acids is 1. The van der Waals surface area contributed by atoms with Crippen LogP contribution in [0, 0.1) is 18.3 Å². The fourth-order valence-electron chi connectivity index (χ4n) is 5.22. The number of nitrogens with one attached hydrogen (secondary N) is 1. The maximum atomic E-state index is 12.4. The first kappa shape index (κ1) is 22.9. The number of piperidine rings is 3. The molecule has 2 aromatic heterocycles. The second-order valence-corrected chi connectivity index (χ2v) is 10.9. The highest BCUT2D eigenvalue weighted by Gasteiger charge is 2.41. The molecule has 4 unspecified atom stereocenters. The quantitative estimate of drug-likeness (QED) is 0.629. The third-order valence-electron chi connectivity index (χ3n) is 6.69. The molecule has 5 heterocycles. The molecule has 7 nitrogen and oxygen atoms in total. The van der Waals surface area contributed by atoms with Crippen LogP contribution >= 0.6 is 11.3 Å². The summed E-state index contributed by atoms with van der Waals surface area (Å²) in [6.07, 6.45) is 2.41. The van der Waals surface area contributed by atoms with E-state index in [2.05, 4.69) is 32.7 Å². The molecule has 5 rings (SSSR count). The number of hydrogen-bond acceptors (Lipinski definition) is 6. The number of carboxylic acids is 1. The minimum absolute atomic E-state index is 0.00840. The largest absolute Gasteiger partial charge is 0.481 e. The number of fused-ring (bicyclic) bond motifs is 3. The van der Waals surface area contributed by atoms with Crippen LogP contribution in [0.25, 0.3) is 10.6 Å². The Labute approximate surface area is 193 Å². The topological polar surface area (TPSA) is 95.4 Å².